The van der Waals surface area contributed by atoms with Gasteiger partial charge in [0.25, 0.3) is 0 Å². The van der Waals surface area contributed by atoms with Crippen molar-refractivity contribution in [3.8, 4) is 0 Å². The zero-order valence-electron chi connectivity index (χ0n) is 6.53. The van der Waals surface area contributed by atoms with E-state index < -0.39 is 0 Å². The first-order valence-electron chi connectivity index (χ1n) is 4.02. The third kappa shape index (κ3) is 8.28. The van der Waals surface area contributed by atoms with Gasteiger partial charge >= 0.3 is 64.8 Å². The summed E-state index contributed by atoms with van der Waals surface area (Å²) in [6.07, 6.45) is 6.40. The summed E-state index contributed by atoms with van der Waals surface area (Å²) in [4.78, 5) is 0. The van der Waals surface area contributed by atoms with Gasteiger partial charge in [-0.15, -0.1) is 0 Å². The van der Waals surface area contributed by atoms with E-state index in [1.807, 2.05) is 0 Å². The Morgan fingerprint density at radius 1 is 1.44 bits per heavy atom. The molecule has 0 radical (unpaired) electrons. The fourth-order valence-electron chi connectivity index (χ4n) is 0.892. The van der Waals surface area contributed by atoms with Crippen molar-refractivity contribution in [2.75, 3.05) is 0 Å². The molecule has 0 rings (SSSR count). The Labute approximate surface area is 65.2 Å². The van der Waals surface area contributed by atoms with Gasteiger partial charge < -0.3 is 0 Å². The van der Waals surface area contributed by atoms with Crippen molar-refractivity contribution >= 4 is 15.4 Å². The molecule has 0 unspecified atom stereocenters. The second-order valence-corrected chi connectivity index (χ2v) is 6.67. The van der Waals surface area contributed by atoms with Gasteiger partial charge in [-0.25, -0.2) is 0 Å². The molecule has 0 aromatic heterocycles. The van der Waals surface area contributed by atoms with Gasteiger partial charge in [0.05, 0.1) is 0 Å². The standard InChI is InChI=1S/C8H18Ge/c1-3-5-6-8-9-7-4-2/h4H,2-3,5-9H2,1H3. The minimum atomic E-state index is -0.0994. The van der Waals surface area contributed by atoms with Crippen LogP contribution in [0.3, 0.4) is 0 Å². The molecular weight excluding hydrogens is 169 g/mol. The van der Waals surface area contributed by atoms with E-state index in [0.29, 0.717) is 0 Å². The Morgan fingerprint density at radius 2 is 2.22 bits per heavy atom. The first-order chi connectivity index (χ1) is 4.41. The van der Waals surface area contributed by atoms with Crippen LogP contribution in [0.2, 0.25) is 10.5 Å². The summed E-state index contributed by atoms with van der Waals surface area (Å²) < 4.78 is 0. The Bertz CT molecular complexity index is 59.6. The molecule has 0 spiro atoms. The van der Waals surface area contributed by atoms with E-state index in [9.17, 15) is 0 Å². The summed E-state index contributed by atoms with van der Waals surface area (Å²) in [7, 11) is 0. The number of unbranched alkanes of at least 4 members (excludes halogenated alkanes) is 2. The summed E-state index contributed by atoms with van der Waals surface area (Å²) in [6, 6.07) is 0. The first kappa shape index (κ1) is 9.28. The van der Waals surface area contributed by atoms with Gasteiger partial charge in [-0.3, -0.25) is 0 Å². The van der Waals surface area contributed by atoms with Crippen LogP contribution in [0.15, 0.2) is 12.7 Å². The number of hydrogen-bond donors (Lipinski definition) is 0. The van der Waals surface area contributed by atoms with Crippen LogP contribution in [0.1, 0.15) is 26.2 Å². The quantitative estimate of drug-likeness (QED) is 0.340. The molecule has 9 heavy (non-hydrogen) atoms. The van der Waals surface area contributed by atoms with Crippen LogP contribution >= 0.6 is 0 Å². The predicted octanol–water partition coefficient (Wildman–Crippen LogP) is 2.37. The molecule has 0 heterocycles. The predicted molar refractivity (Wildman–Crippen MR) is 47.9 cm³/mol. The molecule has 0 aliphatic rings. The third-order valence-corrected chi connectivity index (χ3v) is 5.32. The molecule has 0 aromatic carbocycles. The first-order valence-corrected chi connectivity index (χ1v) is 8.22. The van der Waals surface area contributed by atoms with Gasteiger partial charge in [-0.1, -0.05) is 0 Å². The molecule has 0 saturated carbocycles. The third-order valence-electron chi connectivity index (χ3n) is 1.51. The zero-order chi connectivity index (χ0) is 6.95. The second-order valence-electron chi connectivity index (χ2n) is 2.49. The fourth-order valence-corrected chi connectivity index (χ4v) is 3.59. The van der Waals surface area contributed by atoms with E-state index in [4.69, 9.17) is 0 Å². The van der Waals surface area contributed by atoms with Gasteiger partial charge in [0, 0.05) is 0 Å². The van der Waals surface area contributed by atoms with Crippen LogP contribution in [-0.2, 0) is 0 Å². The number of hydrogen-bond acceptors (Lipinski definition) is 0. The molecule has 0 amide bonds. The second kappa shape index (κ2) is 8.28. The SMILES string of the molecule is C=C[CH2][GeH2][CH2]CCCC. The van der Waals surface area contributed by atoms with Crippen LogP contribution in [0, 0.1) is 0 Å². The monoisotopic (exact) mass is 188 g/mol. The van der Waals surface area contributed by atoms with Crippen molar-refractivity contribution in [1.82, 2.24) is 0 Å². The maximum absolute atomic E-state index is 3.73. The van der Waals surface area contributed by atoms with Crippen LogP contribution in [0.5, 0.6) is 0 Å². The molecule has 0 bridgehead atoms. The zero-order valence-corrected chi connectivity index (χ0v) is 9.49. The molecule has 0 fully saturated rings. The van der Waals surface area contributed by atoms with E-state index in [0.717, 1.165) is 0 Å². The minimum absolute atomic E-state index is 0.0994. The van der Waals surface area contributed by atoms with Crippen molar-refractivity contribution in [2.45, 2.75) is 36.7 Å². The van der Waals surface area contributed by atoms with Crippen molar-refractivity contribution in [3.63, 3.8) is 0 Å². The average molecular weight is 187 g/mol. The van der Waals surface area contributed by atoms with Crippen molar-refractivity contribution < 1.29 is 0 Å². The van der Waals surface area contributed by atoms with Crippen LogP contribution < -0.4 is 0 Å². The Kier molecular flexibility index (Phi) is 8.54. The maximum atomic E-state index is 3.73. The van der Waals surface area contributed by atoms with Crippen molar-refractivity contribution in [1.29, 1.82) is 0 Å². The summed E-state index contributed by atoms with van der Waals surface area (Å²) in [6.45, 7) is 5.99. The van der Waals surface area contributed by atoms with E-state index in [1.54, 1.807) is 5.25 Å². The van der Waals surface area contributed by atoms with E-state index in [1.165, 1.54) is 24.5 Å². The van der Waals surface area contributed by atoms with Gasteiger partial charge in [-0.2, -0.15) is 0 Å². The molecule has 0 aromatic rings. The van der Waals surface area contributed by atoms with E-state index >= 15 is 0 Å². The van der Waals surface area contributed by atoms with Gasteiger partial charge in [0.1, 0.15) is 0 Å². The Balaban J connectivity index is 2.66. The van der Waals surface area contributed by atoms with Gasteiger partial charge in [0.15, 0.2) is 0 Å². The summed E-state index contributed by atoms with van der Waals surface area (Å²) in [5.41, 5.74) is 0. The molecule has 0 N–H and O–H groups in total. The van der Waals surface area contributed by atoms with Crippen LogP contribution in [0.4, 0.5) is 0 Å². The summed E-state index contributed by atoms with van der Waals surface area (Å²) in [5.74, 6) is 0. The molecule has 0 saturated heterocycles. The molecule has 0 atom stereocenters. The molecule has 0 aliphatic heterocycles. The topological polar surface area (TPSA) is 0 Å². The molecular formula is C8H18Ge. The van der Waals surface area contributed by atoms with E-state index in [2.05, 4.69) is 19.6 Å². The van der Waals surface area contributed by atoms with Crippen molar-refractivity contribution in [3.05, 3.63) is 12.7 Å². The molecule has 1 heteroatoms. The normalized spacial score (nSPS) is 10.8. The van der Waals surface area contributed by atoms with E-state index in [-0.39, 0.29) is 15.4 Å². The Morgan fingerprint density at radius 3 is 2.78 bits per heavy atom. The van der Waals surface area contributed by atoms with Gasteiger partial charge in [0.2, 0.25) is 0 Å². The van der Waals surface area contributed by atoms with Gasteiger partial charge in [-0.05, 0) is 0 Å². The molecule has 0 aliphatic carbocycles. The van der Waals surface area contributed by atoms with Crippen LogP contribution in [0.25, 0.3) is 0 Å². The average Bonchev–Trinajstić information content (AvgIpc) is 1.89. The fraction of sp³-hybridized carbons (Fsp3) is 0.750. The van der Waals surface area contributed by atoms with Crippen LogP contribution in [-0.4, -0.2) is 15.4 Å². The number of rotatable bonds is 6. The van der Waals surface area contributed by atoms with Crippen molar-refractivity contribution in [2.24, 2.45) is 0 Å². The number of allylic oxidation sites excluding steroid dienone is 1. The summed E-state index contributed by atoms with van der Waals surface area (Å²) >= 11 is -0.0994. The Hall–Kier alpha value is 0.283. The summed E-state index contributed by atoms with van der Waals surface area (Å²) in [5, 5.41) is 2.96. The molecule has 54 valence electrons. The molecule has 0 nitrogen and oxygen atoms in total.